The third-order valence-corrected chi connectivity index (χ3v) is 3.71. The van der Waals surface area contributed by atoms with Gasteiger partial charge in [-0.3, -0.25) is 9.32 Å². The first kappa shape index (κ1) is 15.2. The summed E-state index contributed by atoms with van der Waals surface area (Å²) in [6.45, 7) is 0. The molecule has 2 aromatic carbocycles. The molecule has 1 N–H and O–H groups in total. The van der Waals surface area contributed by atoms with Gasteiger partial charge in [0.2, 0.25) is 5.69 Å². The highest BCUT2D eigenvalue weighted by atomic mass is 79.9. The standard InChI is InChI=1S/C17H11BrN2O3/c18-14-7-4-12(5-8-14)6-9-16(21)13-2-1-3-15(10-13)20-11-17(22)23-19-20/h1-11H/p+1/b9-6+. The molecule has 3 aromatic rings. The normalized spacial score (nSPS) is 11.0. The van der Waals surface area contributed by atoms with Gasteiger partial charge in [-0.1, -0.05) is 46.3 Å². The molecule has 0 aliphatic heterocycles. The Hall–Kier alpha value is -2.73. The molecule has 0 fully saturated rings. The number of carbonyl (C=O) groups excluding carboxylic acids is 1. The van der Waals surface area contributed by atoms with Crippen molar-refractivity contribution in [2.75, 3.05) is 0 Å². The van der Waals surface area contributed by atoms with Crippen molar-refractivity contribution in [1.29, 1.82) is 0 Å². The predicted molar refractivity (Wildman–Crippen MR) is 88.4 cm³/mol. The van der Waals surface area contributed by atoms with Gasteiger partial charge in [0.05, 0.1) is 0 Å². The monoisotopic (exact) mass is 371 g/mol. The molecule has 0 amide bonds. The quantitative estimate of drug-likeness (QED) is 0.435. The molecule has 1 aromatic heterocycles. The van der Waals surface area contributed by atoms with Gasteiger partial charge >= 0.3 is 5.63 Å². The van der Waals surface area contributed by atoms with Crippen LogP contribution < -0.4 is 10.3 Å². The first-order valence-electron chi connectivity index (χ1n) is 6.80. The summed E-state index contributed by atoms with van der Waals surface area (Å²) in [6, 6.07) is 14.6. The van der Waals surface area contributed by atoms with Crippen LogP contribution in [0.4, 0.5) is 0 Å². The Labute approximate surface area is 140 Å². The fourth-order valence-electron chi connectivity index (χ4n) is 2.03. The van der Waals surface area contributed by atoms with Crippen molar-refractivity contribution in [3.63, 3.8) is 0 Å². The molecule has 6 heteroatoms. The lowest BCUT2D eigenvalue weighted by Crippen LogP contribution is -2.32. The Morgan fingerprint density at radius 1 is 1.17 bits per heavy atom. The lowest BCUT2D eigenvalue weighted by Gasteiger charge is -1.97. The number of allylic oxidation sites excluding steroid dienone is 1. The number of halogens is 1. The maximum Gasteiger partial charge on any atom is 0.427 e. The van der Waals surface area contributed by atoms with Crippen LogP contribution in [0.1, 0.15) is 15.9 Å². The van der Waals surface area contributed by atoms with Gasteiger partial charge in [-0.2, -0.15) is 0 Å². The van der Waals surface area contributed by atoms with Gasteiger partial charge in [0, 0.05) is 22.2 Å². The molecule has 0 atom stereocenters. The minimum Gasteiger partial charge on any atom is -0.289 e. The molecule has 0 unspecified atom stereocenters. The van der Waals surface area contributed by atoms with E-state index in [0.717, 1.165) is 10.0 Å². The number of nitrogens with zero attached hydrogens (tertiary/aromatic N) is 1. The van der Waals surface area contributed by atoms with Crippen molar-refractivity contribution in [3.8, 4) is 5.69 Å². The highest BCUT2D eigenvalue weighted by Crippen LogP contribution is 2.12. The van der Waals surface area contributed by atoms with Crippen LogP contribution in [0.3, 0.4) is 0 Å². The Morgan fingerprint density at radius 3 is 2.65 bits per heavy atom. The van der Waals surface area contributed by atoms with Crippen molar-refractivity contribution < 1.29 is 14.0 Å². The van der Waals surface area contributed by atoms with Crippen molar-refractivity contribution in [2.45, 2.75) is 0 Å². The number of hydrogen-bond donors (Lipinski definition) is 1. The number of carbonyl (C=O) groups is 1. The number of benzene rings is 2. The molecule has 23 heavy (non-hydrogen) atoms. The predicted octanol–water partition coefficient (Wildman–Crippen LogP) is 2.90. The molecular weight excluding hydrogens is 360 g/mol. The van der Waals surface area contributed by atoms with Crippen LogP contribution in [0.2, 0.25) is 0 Å². The maximum absolute atomic E-state index is 12.3. The first-order valence-corrected chi connectivity index (χ1v) is 7.60. The summed E-state index contributed by atoms with van der Waals surface area (Å²) in [7, 11) is 0. The lowest BCUT2D eigenvalue weighted by atomic mass is 10.1. The van der Waals surface area contributed by atoms with Gasteiger partial charge in [-0.25, -0.2) is 4.79 Å². The smallest absolute Gasteiger partial charge is 0.289 e. The fraction of sp³-hybridized carbons (Fsp3) is 0. The van der Waals surface area contributed by atoms with E-state index in [9.17, 15) is 9.59 Å². The molecule has 0 bridgehead atoms. The van der Waals surface area contributed by atoms with E-state index in [4.69, 9.17) is 0 Å². The molecule has 0 aliphatic rings. The van der Waals surface area contributed by atoms with Crippen molar-refractivity contribution in [2.24, 2.45) is 0 Å². The molecule has 1 heterocycles. The SMILES string of the molecule is O=C(/C=C/c1ccc(Br)cc1)c1cccc(-[n+]2cc(=O)o[nH]2)c1. The van der Waals surface area contributed by atoms with E-state index in [-0.39, 0.29) is 5.78 Å². The lowest BCUT2D eigenvalue weighted by molar-refractivity contribution is -0.670. The van der Waals surface area contributed by atoms with E-state index in [1.54, 1.807) is 30.3 Å². The molecule has 114 valence electrons. The summed E-state index contributed by atoms with van der Waals surface area (Å²) in [5.41, 5.74) is 1.60. The zero-order valence-electron chi connectivity index (χ0n) is 11.9. The van der Waals surface area contributed by atoms with Crippen LogP contribution >= 0.6 is 15.9 Å². The Morgan fingerprint density at radius 2 is 1.96 bits per heavy atom. The summed E-state index contributed by atoms with van der Waals surface area (Å²) in [5.74, 6) is -0.124. The second kappa shape index (κ2) is 6.58. The number of aromatic amines is 1. The molecular formula is C17H12BrN2O3+. The zero-order chi connectivity index (χ0) is 16.2. The van der Waals surface area contributed by atoms with Crippen LogP contribution in [0.5, 0.6) is 0 Å². The van der Waals surface area contributed by atoms with Crippen LogP contribution in [0.15, 0.2) is 74.6 Å². The molecule has 3 rings (SSSR count). The number of ketones is 1. The van der Waals surface area contributed by atoms with E-state index in [0.29, 0.717) is 11.3 Å². The maximum atomic E-state index is 12.3. The highest BCUT2D eigenvalue weighted by Gasteiger charge is 2.12. The first-order chi connectivity index (χ1) is 11.1. The summed E-state index contributed by atoms with van der Waals surface area (Å²) in [4.78, 5) is 23.3. The molecule has 0 spiro atoms. The van der Waals surface area contributed by atoms with E-state index in [1.807, 2.05) is 24.3 Å². The zero-order valence-corrected chi connectivity index (χ0v) is 13.5. The third-order valence-electron chi connectivity index (χ3n) is 3.19. The Bertz CT molecular complexity index is 923. The van der Waals surface area contributed by atoms with E-state index in [1.165, 1.54) is 17.0 Å². The van der Waals surface area contributed by atoms with Gasteiger partial charge < -0.3 is 0 Å². The van der Waals surface area contributed by atoms with Crippen LogP contribution in [-0.2, 0) is 0 Å². The summed E-state index contributed by atoms with van der Waals surface area (Å²) < 4.78 is 7.01. The number of aromatic nitrogens is 2. The Balaban J connectivity index is 1.82. The molecule has 0 saturated heterocycles. The number of rotatable bonds is 4. The van der Waals surface area contributed by atoms with E-state index < -0.39 is 5.63 Å². The molecule has 5 nitrogen and oxygen atoms in total. The van der Waals surface area contributed by atoms with E-state index >= 15 is 0 Å². The summed E-state index contributed by atoms with van der Waals surface area (Å²) >= 11 is 3.37. The molecule has 0 radical (unpaired) electrons. The van der Waals surface area contributed by atoms with Gasteiger partial charge in [0.1, 0.15) is 0 Å². The molecule has 0 saturated carbocycles. The van der Waals surface area contributed by atoms with Crippen LogP contribution in [-0.4, -0.2) is 11.1 Å². The highest BCUT2D eigenvalue weighted by molar-refractivity contribution is 9.10. The van der Waals surface area contributed by atoms with Crippen LogP contribution in [0.25, 0.3) is 11.8 Å². The second-order valence-corrected chi connectivity index (χ2v) is 5.73. The van der Waals surface area contributed by atoms with Gasteiger partial charge in [0.25, 0.3) is 6.20 Å². The topological polar surface area (TPSA) is 66.9 Å². The second-order valence-electron chi connectivity index (χ2n) is 4.81. The third kappa shape index (κ3) is 3.73. The minimum atomic E-state index is -0.489. The fourth-order valence-corrected chi connectivity index (χ4v) is 2.29. The van der Waals surface area contributed by atoms with Crippen molar-refractivity contribution in [3.05, 3.63) is 86.8 Å². The molecule has 0 aliphatic carbocycles. The largest absolute Gasteiger partial charge is 0.427 e. The van der Waals surface area contributed by atoms with Crippen LogP contribution in [0, 0.1) is 0 Å². The number of hydrogen-bond acceptors (Lipinski definition) is 3. The summed E-state index contributed by atoms with van der Waals surface area (Å²) in [6.07, 6.45) is 4.54. The van der Waals surface area contributed by atoms with E-state index in [2.05, 4.69) is 25.7 Å². The average Bonchev–Trinajstić information content (AvgIpc) is 3.01. The van der Waals surface area contributed by atoms with Gasteiger partial charge in [-0.15, -0.1) is 0 Å². The average molecular weight is 372 g/mol. The van der Waals surface area contributed by atoms with Crippen molar-refractivity contribution in [1.82, 2.24) is 5.27 Å². The van der Waals surface area contributed by atoms with Gasteiger partial charge in [0.15, 0.2) is 5.78 Å². The summed E-state index contributed by atoms with van der Waals surface area (Å²) in [5, 5.41) is 2.45. The number of H-pyrrole nitrogens is 1. The van der Waals surface area contributed by atoms with Crippen molar-refractivity contribution >= 4 is 27.8 Å². The minimum absolute atomic E-state index is 0.124. The number of nitrogens with one attached hydrogen (secondary N) is 1. The van der Waals surface area contributed by atoms with Gasteiger partial charge in [-0.05, 0) is 33.7 Å². The Kier molecular flexibility index (Phi) is 4.34.